The van der Waals surface area contributed by atoms with Crippen molar-refractivity contribution in [1.29, 1.82) is 0 Å². The number of oxazole rings is 1. The molecule has 0 unspecified atom stereocenters. The number of ether oxygens (including phenoxy) is 1. The highest BCUT2D eigenvalue weighted by atomic mass is 16.5. The summed E-state index contributed by atoms with van der Waals surface area (Å²) in [6, 6.07) is 30.8. The molecule has 6 heteroatoms. The first-order chi connectivity index (χ1) is 18.6. The lowest BCUT2D eigenvalue weighted by Gasteiger charge is -2.38. The Morgan fingerprint density at radius 3 is 2.61 bits per heavy atom. The molecule has 1 N–H and O–H groups in total. The van der Waals surface area contributed by atoms with Crippen molar-refractivity contribution in [3.8, 4) is 17.2 Å². The van der Waals surface area contributed by atoms with Crippen LogP contribution in [-0.2, 0) is 0 Å². The van der Waals surface area contributed by atoms with E-state index in [4.69, 9.17) is 9.15 Å². The van der Waals surface area contributed by atoms with E-state index in [9.17, 15) is 5.11 Å². The summed E-state index contributed by atoms with van der Waals surface area (Å²) in [5.41, 5.74) is 3.73. The van der Waals surface area contributed by atoms with E-state index in [-0.39, 0.29) is 6.61 Å². The van der Waals surface area contributed by atoms with Crippen molar-refractivity contribution in [3.63, 3.8) is 0 Å². The second kappa shape index (κ2) is 11.0. The van der Waals surface area contributed by atoms with E-state index in [1.165, 1.54) is 16.3 Å². The van der Waals surface area contributed by atoms with Gasteiger partial charge in [0.2, 0.25) is 5.89 Å². The zero-order chi connectivity index (χ0) is 25.9. The number of hydrogen-bond acceptors (Lipinski definition) is 6. The highest BCUT2D eigenvalue weighted by Crippen LogP contribution is 2.30. The smallest absolute Gasteiger partial charge is 0.227 e. The fourth-order valence-corrected chi connectivity index (χ4v) is 5.22. The van der Waals surface area contributed by atoms with Crippen molar-refractivity contribution in [2.75, 3.05) is 32.8 Å². The number of aliphatic hydroxyl groups excluding tert-OH is 1. The Bertz CT molecular complexity index is 1500. The summed E-state index contributed by atoms with van der Waals surface area (Å²) in [7, 11) is 0. The third-order valence-electron chi connectivity index (χ3n) is 7.31. The molecule has 1 radical (unpaired) electrons. The number of nitrogens with zero attached hydrogens (tertiary/aromatic N) is 3. The number of piperazine rings is 1. The molecular weight excluding hydrogens is 474 g/mol. The first kappa shape index (κ1) is 24.6. The second-order valence-corrected chi connectivity index (χ2v) is 9.90. The van der Waals surface area contributed by atoms with Crippen LogP contribution >= 0.6 is 0 Å². The fourth-order valence-electron chi connectivity index (χ4n) is 5.22. The lowest BCUT2D eigenvalue weighted by molar-refractivity contribution is 0.0510. The molecule has 6 nitrogen and oxygen atoms in total. The summed E-state index contributed by atoms with van der Waals surface area (Å²) < 4.78 is 11.8. The standard InChI is InChI=1S/C32H32N3O3/c1-23(28-13-7-11-24-8-5-6-12-29(24)28)35-18-16-34(17-19-35)21-26(36)22-37-27-14-15-31-30(20-27)33-32(38-31)25-9-3-2-4-10-25/h2-15,18,20,23,26,36H,16-17,19,21-22H2,1H3/t23-,26-/m1/s1. The van der Waals surface area contributed by atoms with Crippen LogP contribution in [0.5, 0.6) is 5.75 Å². The minimum absolute atomic E-state index is 0.224. The van der Waals surface area contributed by atoms with Crippen molar-refractivity contribution >= 4 is 21.9 Å². The van der Waals surface area contributed by atoms with Crippen LogP contribution in [0.3, 0.4) is 0 Å². The molecular formula is C32H32N3O3. The largest absolute Gasteiger partial charge is 0.491 e. The number of β-amino-alcohol motifs (C(OH)–C–C–N with tert-alkyl or cyclic N) is 1. The number of hydrogen-bond donors (Lipinski definition) is 1. The molecule has 5 aromatic rings. The van der Waals surface area contributed by atoms with E-state index in [0.29, 0.717) is 29.8 Å². The zero-order valence-corrected chi connectivity index (χ0v) is 21.5. The summed E-state index contributed by atoms with van der Waals surface area (Å²) in [5.74, 6) is 1.26. The third-order valence-corrected chi connectivity index (χ3v) is 7.31. The summed E-state index contributed by atoms with van der Waals surface area (Å²) in [4.78, 5) is 9.28. The Labute approximate surface area is 223 Å². The van der Waals surface area contributed by atoms with Gasteiger partial charge in [0.05, 0.1) is 0 Å². The molecule has 0 spiro atoms. The minimum atomic E-state index is -0.585. The molecule has 4 aromatic carbocycles. The molecule has 1 fully saturated rings. The van der Waals surface area contributed by atoms with Crippen LogP contribution in [0.2, 0.25) is 0 Å². The topological polar surface area (TPSA) is 62.0 Å². The summed E-state index contributed by atoms with van der Waals surface area (Å²) in [5, 5.41) is 13.3. The Morgan fingerprint density at radius 2 is 1.76 bits per heavy atom. The molecule has 1 aliphatic rings. The highest BCUT2D eigenvalue weighted by molar-refractivity contribution is 5.86. The average Bonchev–Trinajstić information content (AvgIpc) is 3.40. The van der Waals surface area contributed by atoms with Gasteiger partial charge in [0.25, 0.3) is 0 Å². The van der Waals surface area contributed by atoms with Crippen molar-refractivity contribution in [2.24, 2.45) is 0 Å². The molecule has 0 bridgehead atoms. The molecule has 2 atom stereocenters. The Hall–Kier alpha value is -3.71. The van der Waals surface area contributed by atoms with E-state index < -0.39 is 6.10 Å². The monoisotopic (exact) mass is 506 g/mol. The lowest BCUT2D eigenvalue weighted by Crippen LogP contribution is -2.47. The second-order valence-electron chi connectivity index (χ2n) is 9.90. The predicted octanol–water partition coefficient (Wildman–Crippen LogP) is 5.93. The van der Waals surface area contributed by atoms with E-state index in [2.05, 4.69) is 70.7 Å². The predicted molar refractivity (Wildman–Crippen MR) is 151 cm³/mol. The van der Waals surface area contributed by atoms with Crippen LogP contribution < -0.4 is 4.74 Å². The van der Waals surface area contributed by atoms with Gasteiger partial charge in [-0.2, -0.15) is 0 Å². The molecule has 0 aliphatic carbocycles. The van der Waals surface area contributed by atoms with Gasteiger partial charge in [0, 0.05) is 50.4 Å². The van der Waals surface area contributed by atoms with Crippen molar-refractivity contribution in [1.82, 2.24) is 14.8 Å². The van der Waals surface area contributed by atoms with Crippen molar-refractivity contribution in [2.45, 2.75) is 19.1 Å². The molecule has 1 aromatic heterocycles. The number of fused-ring (bicyclic) bond motifs is 2. The maximum atomic E-state index is 10.7. The van der Waals surface area contributed by atoms with Crippen LogP contribution in [0.1, 0.15) is 18.5 Å². The molecule has 1 saturated heterocycles. The molecule has 2 heterocycles. The van der Waals surface area contributed by atoms with Gasteiger partial charge in [-0.05, 0) is 47.5 Å². The Balaban J connectivity index is 1.01. The minimum Gasteiger partial charge on any atom is -0.491 e. The third kappa shape index (κ3) is 5.29. The van der Waals surface area contributed by atoms with Gasteiger partial charge >= 0.3 is 0 Å². The quantitative estimate of drug-likeness (QED) is 0.282. The molecule has 0 amide bonds. The maximum Gasteiger partial charge on any atom is 0.227 e. The van der Waals surface area contributed by atoms with E-state index in [0.717, 1.165) is 30.7 Å². The summed E-state index contributed by atoms with van der Waals surface area (Å²) in [6.45, 7) is 7.94. The SMILES string of the molecule is C[C@H](c1cccc2ccccc12)N1[CH]CN(C[C@@H](O)COc2ccc3oc(-c4ccccc4)nc3c2)CC1. The van der Waals surface area contributed by atoms with Gasteiger partial charge in [0.15, 0.2) is 5.58 Å². The van der Waals surface area contributed by atoms with E-state index in [1.807, 2.05) is 48.5 Å². The Kier molecular flexibility index (Phi) is 7.10. The molecule has 0 saturated carbocycles. The zero-order valence-electron chi connectivity index (χ0n) is 21.5. The van der Waals surface area contributed by atoms with Gasteiger partial charge in [0.1, 0.15) is 24.0 Å². The number of aromatic nitrogens is 1. The van der Waals surface area contributed by atoms with Crippen LogP contribution in [0.4, 0.5) is 0 Å². The van der Waals surface area contributed by atoms with Crippen LogP contribution in [0, 0.1) is 6.54 Å². The lowest BCUT2D eigenvalue weighted by atomic mass is 9.98. The highest BCUT2D eigenvalue weighted by Gasteiger charge is 2.24. The molecule has 193 valence electrons. The van der Waals surface area contributed by atoms with Gasteiger partial charge in [-0.15, -0.1) is 0 Å². The average molecular weight is 507 g/mol. The number of rotatable bonds is 8. The first-order valence-corrected chi connectivity index (χ1v) is 13.2. The first-order valence-electron chi connectivity index (χ1n) is 13.2. The van der Waals surface area contributed by atoms with Crippen LogP contribution in [0.15, 0.2) is 95.4 Å². The van der Waals surface area contributed by atoms with Crippen LogP contribution in [-0.4, -0.2) is 58.8 Å². The normalized spacial score (nSPS) is 16.6. The molecule has 38 heavy (non-hydrogen) atoms. The maximum absolute atomic E-state index is 10.7. The summed E-state index contributed by atoms with van der Waals surface area (Å²) in [6.07, 6.45) is -0.585. The van der Waals surface area contributed by atoms with Crippen molar-refractivity contribution < 1.29 is 14.3 Å². The van der Waals surface area contributed by atoms with Crippen LogP contribution in [0.25, 0.3) is 33.3 Å². The molecule has 6 rings (SSSR count). The summed E-state index contributed by atoms with van der Waals surface area (Å²) >= 11 is 0. The van der Waals surface area contributed by atoms with Gasteiger partial charge in [-0.1, -0.05) is 60.7 Å². The van der Waals surface area contributed by atoms with Gasteiger partial charge in [-0.3, -0.25) is 9.80 Å². The number of aliphatic hydroxyl groups is 1. The molecule has 1 aliphatic heterocycles. The number of benzene rings is 4. The fraction of sp³-hybridized carbons (Fsp3) is 0.250. The van der Waals surface area contributed by atoms with Crippen molar-refractivity contribution in [3.05, 3.63) is 103 Å². The van der Waals surface area contributed by atoms with E-state index in [1.54, 1.807) is 0 Å². The van der Waals surface area contributed by atoms with E-state index >= 15 is 0 Å². The van der Waals surface area contributed by atoms with Gasteiger partial charge < -0.3 is 14.3 Å². The van der Waals surface area contributed by atoms with Gasteiger partial charge in [-0.25, -0.2) is 4.98 Å². The Morgan fingerprint density at radius 1 is 0.947 bits per heavy atom.